The van der Waals surface area contributed by atoms with Crippen LogP contribution in [0.15, 0.2) is 30.6 Å². The third-order valence-corrected chi connectivity index (χ3v) is 3.69. The molecular weight excluding hydrogens is 266 g/mol. The fourth-order valence-corrected chi connectivity index (χ4v) is 2.38. The van der Waals surface area contributed by atoms with Crippen LogP contribution in [-0.2, 0) is 19.9 Å². The molecule has 0 aliphatic heterocycles. The summed E-state index contributed by atoms with van der Waals surface area (Å²) in [4.78, 5) is 4.38. The van der Waals surface area contributed by atoms with E-state index < -0.39 is 0 Å². The molecule has 1 unspecified atom stereocenters. The van der Waals surface area contributed by atoms with E-state index in [-0.39, 0.29) is 0 Å². The van der Waals surface area contributed by atoms with Crippen LogP contribution in [0.3, 0.4) is 0 Å². The third kappa shape index (κ3) is 3.76. The van der Waals surface area contributed by atoms with Crippen LogP contribution in [0.25, 0.3) is 0 Å². The standard InChI is InChI=1S/C16H23N3O2/c1-17-13(11-16-18-7-8-19(16)2)9-12-5-6-14(20-3)15(10-12)21-4/h5-8,10,13,17H,9,11H2,1-4H3. The number of hydrogen-bond acceptors (Lipinski definition) is 4. The Morgan fingerprint density at radius 1 is 1.19 bits per heavy atom. The molecule has 1 heterocycles. The molecule has 21 heavy (non-hydrogen) atoms. The quantitative estimate of drug-likeness (QED) is 0.844. The molecule has 1 aromatic heterocycles. The maximum atomic E-state index is 5.36. The lowest BCUT2D eigenvalue weighted by atomic mass is 10.0. The van der Waals surface area contributed by atoms with E-state index in [2.05, 4.69) is 20.9 Å². The zero-order valence-corrected chi connectivity index (χ0v) is 13.1. The number of benzene rings is 1. The van der Waals surface area contributed by atoms with Crippen molar-refractivity contribution in [1.29, 1.82) is 0 Å². The number of methoxy groups -OCH3 is 2. The number of hydrogen-bond donors (Lipinski definition) is 1. The molecule has 2 rings (SSSR count). The lowest BCUT2D eigenvalue weighted by molar-refractivity contribution is 0.354. The highest BCUT2D eigenvalue weighted by atomic mass is 16.5. The molecule has 1 aromatic carbocycles. The Morgan fingerprint density at radius 3 is 2.52 bits per heavy atom. The molecule has 0 radical (unpaired) electrons. The van der Waals surface area contributed by atoms with E-state index in [9.17, 15) is 0 Å². The Bertz CT molecular complexity index is 581. The van der Waals surface area contributed by atoms with Gasteiger partial charge in [-0.05, 0) is 31.2 Å². The van der Waals surface area contributed by atoms with Crippen molar-refractivity contribution < 1.29 is 9.47 Å². The van der Waals surface area contributed by atoms with Crippen molar-refractivity contribution in [2.24, 2.45) is 7.05 Å². The zero-order chi connectivity index (χ0) is 15.2. The Labute approximate surface area is 125 Å². The number of ether oxygens (including phenoxy) is 2. The van der Waals surface area contributed by atoms with Crippen molar-refractivity contribution in [2.75, 3.05) is 21.3 Å². The molecule has 5 nitrogen and oxygen atoms in total. The molecule has 0 spiro atoms. The van der Waals surface area contributed by atoms with E-state index in [1.807, 2.05) is 38.6 Å². The fourth-order valence-electron chi connectivity index (χ4n) is 2.38. The van der Waals surface area contributed by atoms with Crippen molar-refractivity contribution in [2.45, 2.75) is 18.9 Å². The van der Waals surface area contributed by atoms with Gasteiger partial charge in [0, 0.05) is 31.9 Å². The van der Waals surface area contributed by atoms with Gasteiger partial charge in [0.25, 0.3) is 0 Å². The maximum absolute atomic E-state index is 5.36. The summed E-state index contributed by atoms with van der Waals surface area (Å²) in [6.07, 6.45) is 5.59. The van der Waals surface area contributed by atoms with E-state index in [0.717, 1.165) is 30.2 Å². The summed E-state index contributed by atoms with van der Waals surface area (Å²) in [6.45, 7) is 0. The topological polar surface area (TPSA) is 48.3 Å². The minimum absolute atomic E-state index is 0.323. The SMILES string of the molecule is CNC(Cc1ccc(OC)c(OC)c1)Cc1nccn1C. The van der Waals surface area contributed by atoms with Gasteiger partial charge in [0.1, 0.15) is 5.82 Å². The highest BCUT2D eigenvalue weighted by Crippen LogP contribution is 2.28. The highest BCUT2D eigenvalue weighted by molar-refractivity contribution is 5.43. The largest absolute Gasteiger partial charge is 0.493 e. The molecule has 0 amide bonds. The van der Waals surface area contributed by atoms with Crippen LogP contribution < -0.4 is 14.8 Å². The summed E-state index contributed by atoms with van der Waals surface area (Å²) in [5, 5.41) is 3.36. The number of nitrogens with zero attached hydrogens (tertiary/aromatic N) is 2. The van der Waals surface area contributed by atoms with Crippen molar-refractivity contribution in [3.63, 3.8) is 0 Å². The van der Waals surface area contributed by atoms with Crippen molar-refractivity contribution in [3.8, 4) is 11.5 Å². The van der Waals surface area contributed by atoms with Crippen LogP contribution in [-0.4, -0.2) is 36.9 Å². The Kier molecular flexibility index (Phi) is 5.22. The highest BCUT2D eigenvalue weighted by Gasteiger charge is 2.13. The first kappa shape index (κ1) is 15.4. The predicted molar refractivity (Wildman–Crippen MR) is 83.0 cm³/mol. The van der Waals surface area contributed by atoms with Crippen molar-refractivity contribution in [3.05, 3.63) is 42.0 Å². The summed E-state index contributed by atoms with van der Waals surface area (Å²) in [5.41, 5.74) is 1.21. The van der Waals surface area contributed by atoms with E-state index in [1.54, 1.807) is 14.2 Å². The minimum Gasteiger partial charge on any atom is -0.493 e. The molecule has 0 aliphatic rings. The number of imidazole rings is 1. The summed E-state index contributed by atoms with van der Waals surface area (Å²) in [7, 11) is 7.31. The number of aryl methyl sites for hydroxylation is 1. The van der Waals surface area contributed by atoms with Gasteiger partial charge < -0.3 is 19.4 Å². The second-order valence-electron chi connectivity index (χ2n) is 5.04. The molecule has 0 aliphatic carbocycles. The maximum Gasteiger partial charge on any atom is 0.160 e. The van der Waals surface area contributed by atoms with Crippen LogP contribution in [0.4, 0.5) is 0 Å². The first-order valence-electron chi connectivity index (χ1n) is 7.02. The zero-order valence-electron chi connectivity index (χ0n) is 13.1. The predicted octanol–water partition coefficient (Wildman–Crippen LogP) is 1.81. The molecule has 0 saturated heterocycles. The monoisotopic (exact) mass is 289 g/mol. The molecular formula is C16H23N3O2. The van der Waals surface area contributed by atoms with E-state index >= 15 is 0 Å². The Morgan fingerprint density at radius 2 is 1.95 bits per heavy atom. The van der Waals surface area contributed by atoms with Crippen molar-refractivity contribution >= 4 is 0 Å². The van der Waals surface area contributed by atoms with Gasteiger partial charge in [-0.1, -0.05) is 6.07 Å². The number of aromatic nitrogens is 2. The van der Waals surface area contributed by atoms with Gasteiger partial charge in [-0.15, -0.1) is 0 Å². The summed E-state index contributed by atoms with van der Waals surface area (Å²) < 4.78 is 12.7. The van der Waals surface area contributed by atoms with Gasteiger partial charge in [-0.2, -0.15) is 0 Å². The summed E-state index contributed by atoms with van der Waals surface area (Å²) >= 11 is 0. The van der Waals surface area contributed by atoms with E-state index in [0.29, 0.717) is 6.04 Å². The van der Waals surface area contributed by atoms with Gasteiger partial charge in [0.15, 0.2) is 11.5 Å². The van der Waals surface area contributed by atoms with Crippen LogP contribution in [0.5, 0.6) is 11.5 Å². The number of rotatable bonds is 7. The lowest BCUT2D eigenvalue weighted by Gasteiger charge is -2.17. The van der Waals surface area contributed by atoms with Gasteiger partial charge >= 0.3 is 0 Å². The van der Waals surface area contributed by atoms with Crippen molar-refractivity contribution in [1.82, 2.24) is 14.9 Å². The van der Waals surface area contributed by atoms with E-state index in [1.165, 1.54) is 5.56 Å². The van der Waals surface area contributed by atoms with Gasteiger partial charge in [-0.25, -0.2) is 4.98 Å². The van der Waals surface area contributed by atoms with Gasteiger partial charge in [0.2, 0.25) is 0 Å². The normalized spacial score (nSPS) is 12.2. The minimum atomic E-state index is 0.323. The molecule has 0 saturated carbocycles. The first-order valence-corrected chi connectivity index (χ1v) is 7.02. The molecule has 1 N–H and O–H groups in total. The van der Waals surface area contributed by atoms with Crippen LogP contribution in [0.2, 0.25) is 0 Å². The van der Waals surface area contributed by atoms with Crippen LogP contribution >= 0.6 is 0 Å². The Balaban J connectivity index is 2.09. The molecule has 114 valence electrons. The van der Waals surface area contributed by atoms with E-state index in [4.69, 9.17) is 9.47 Å². The smallest absolute Gasteiger partial charge is 0.160 e. The second kappa shape index (κ2) is 7.13. The summed E-state index contributed by atoms with van der Waals surface area (Å²) in [5.74, 6) is 2.60. The Hall–Kier alpha value is -2.01. The molecule has 5 heteroatoms. The molecule has 0 bridgehead atoms. The fraction of sp³-hybridized carbons (Fsp3) is 0.438. The molecule has 0 fully saturated rings. The first-order chi connectivity index (χ1) is 10.2. The average molecular weight is 289 g/mol. The van der Waals surface area contributed by atoms with Gasteiger partial charge in [0.05, 0.1) is 14.2 Å². The average Bonchev–Trinajstić information content (AvgIpc) is 2.91. The van der Waals surface area contributed by atoms with Crippen LogP contribution in [0, 0.1) is 0 Å². The lowest BCUT2D eigenvalue weighted by Crippen LogP contribution is -2.31. The molecule has 1 atom stereocenters. The second-order valence-corrected chi connectivity index (χ2v) is 5.04. The summed E-state index contributed by atoms with van der Waals surface area (Å²) in [6, 6.07) is 6.37. The third-order valence-electron chi connectivity index (χ3n) is 3.69. The number of nitrogens with one attached hydrogen (secondary N) is 1. The van der Waals surface area contributed by atoms with Crippen LogP contribution in [0.1, 0.15) is 11.4 Å². The van der Waals surface area contributed by atoms with Gasteiger partial charge in [-0.3, -0.25) is 0 Å². The number of likely N-dealkylation sites (N-methyl/N-ethyl adjacent to an activating group) is 1. The molecule has 2 aromatic rings.